The Labute approximate surface area is 251 Å². The zero-order chi connectivity index (χ0) is 31.2. The van der Waals surface area contributed by atoms with Gasteiger partial charge in [0.2, 0.25) is 0 Å². The lowest BCUT2D eigenvalue weighted by Crippen LogP contribution is -2.36. The molecule has 3 aromatic carbocycles. The van der Waals surface area contributed by atoms with Crippen LogP contribution < -0.4 is 38.3 Å². The summed E-state index contributed by atoms with van der Waals surface area (Å²) >= 11 is 0. The van der Waals surface area contributed by atoms with E-state index in [0.717, 1.165) is 11.1 Å². The Bertz CT molecular complexity index is 2270. The number of fused-ring (bicyclic) bond motifs is 2. The van der Waals surface area contributed by atoms with Gasteiger partial charge in [0.25, 0.3) is 22.7 Å². The number of H-pyrrole nitrogens is 1. The van der Waals surface area contributed by atoms with E-state index in [0.29, 0.717) is 41.1 Å². The van der Waals surface area contributed by atoms with E-state index in [4.69, 9.17) is 5.73 Å². The van der Waals surface area contributed by atoms with Gasteiger partial charge in [0.1, 0.15) is 22.8 Å². The molecule has 7 rings (SSSR count). The zero-order valence-electron chi connectivity index (χ0n) is 23.3. The number of amides is 2. The largest absolute Gasteiger partial charge is 0.439 e. The maximum atomic E-state index is 13.4. The summed E-state index contributed by atoms with van der Waals surface area (Å²) < 4.78 is 5.94. The lowest BCUT2D eigenvalue weighted by molar-refractivity contribution is 0.0931. The summed E-state index contributed by atoms with van der Waals surface area (Å²) in [6.07, 6.45) is 2.84. The number of hydrogen-bond acceptors (Lipinski definition) is 11. The van der Waals surface area contributed by atoms with Crippen molar-refractivity contribution in [3.8, 4) is 11.4 Å². The van der Waals surface area contributed by atoms with Gasteiger partial charge >= 0.3 is 5.76 Å². The van der Waals surface area contributed by atoms with Gasteiger partial charge in [-0.1, -0.05) is 29.4 Å². The van der Waals surface area contributed by atoms with E-state index in [2.05, 4.69) is 40.7 Å². The topological polar surface area (TPSA) is 219 Å². The Balaban J connectivity index is 1.06. The molecule has 3 heterocycles. The molecule has 224 valence electrons. The second-order valence-electron chi connectivity index (χ2n) is 10.5. The third-order valence-corrected chi connectivity index (χ3v) is 7.66. The molecule has 15 nitrogen and oxygen atoms in total. The molecule has 1 aliphatic carbocycles. The lowest BCUT2D eigenvalue weighted by Gasteiger charge is -2.15. The summed E-state index contributed by atoms with van der Waals surface area (Å²) in [5, 5.41) is 16.6. The molecule has 0 saturated carbocycles. The second kappa shape index (κ2) is 10.7. The second-order valence-corrected chi connectivity index (χ2v) is 10.5. The molecular weight excluding hydrogens is 582 g/mol. The summed E-state index contributed by atoms with van der Waals surface area (Å²) in [5.41, 5.74) is 8.47. The maximum Gasteiger partial charge on any atom is 0.439 e. The van der Waals surface area contributed by atoms with Crippen LogP contribution >= 0.6 is 0 Å². The molecule has 2 amide bonds. The van der Waals surface area contributed by atoms with Crippen molar-refractivity contribution in [2.24, 2.45) is 0 Å². The minimum atomic E-state index is -0.721. The number of nitrogens with one attached hydrogen (secondary N) is 4. The molecular formula is C30H23N9O6. The number of aromatic amines is 1. The third kappa shape index (κ3) is 5.01. The van der Waals surface area contributed by atoms with Crippen molar-refractivity contribution in [1.82, 2.24) is 35.4 Å². The fourth-order valence-corrected chi connectivity index (χ4v) is 5.40. The van der Waals surface area contributed by atoms with E-state index in [9.17, 15) is 24.0 Å². The first-order chi connectivity index (χ1) is 21.7. The molecule has 0 fully saturated rings. The predicted octanol–water partition coefficient (Wildman–Crippen LogP) is 1.34. The van der Waals surface area contributed by atoms with Crippen LogP contribution in [0.1, 0.15) is 50.1 Å². The first-order valence-electron chi connectivity index (χ1n) is 13.8. The molecule has 0 saturated heterocycles. The normalized spacial score (nSPS) is 14.0. The van der Waals surface area contributed by atoms with Crippen LogP contribution in [0.3, 0.4) is 0 Å². The standard InChI is InChI=1S/C30H23N9O6/c31-23-24(26(41)25(23)40)34-17-3-1-2-14(10-17)13-32-29(43)21-12-20(35-22-8-9-33-39(21)22)28(42)36-19-7-5-15-11-16(4-6-18(15)19)27-37-30(44)45-38-27/h1-4,6,8-12,19,34H,5,7,13,31H2,(H,32,43)(H,36,42)(H,37,38,44)/t19-/m0/s1. The van der Waals surface area contributed by atoms with Crippen LogP contribution in [-0.2, 0) is 13.0 Å². The number of nitrogens with two attached hydrogens (primary N) is 1. The average molecular weight is 606 g/mol. The van der Waals surface area contributed by atoms with Gasteiger partial charge in [0, 0.05) is 29.9 Å². The Kier molecular flexibility index (Phi) is 6.54. The number of anilines is 3. The highest BCUT2D eigenvalue weighted by Crippen LogP contribution is 2.33. The molecule has 0 spiro atoms. The molecule has 0 bridgehead atoms. The van der Waals surface area contributed by atoms with Gasteiger partial charge in [0.05, 0.1) is 12.2 Å². The fourth-order valence-electron chi connectivity index (χ4n) is 5.40. The Hall–Kier alpha value is -6.38. The quantitative estimate of drug-likeness (QED) is 0.156. The van der Waals surface area contributed by atoms with E-state index in [-0.39, 0.29) is 35.3 Å². The van der Waals surface area contributed by atoms with E-state index in [1.807, 2.05) is 12.1 Å². The van der Waals surface area contributed by atoms with Crippen molar-refractivity contribution in [3.63, 3.8) is 0 Å². The van der Waals surface area contributed by atoms with Crippen molar-refractivity contribution in [3.05, 3.63) is 120 Å². The highest BCUT2D eigenvalue weighted by Gasteiger charge is 2.27. The van der Waals surface area contributed by atoms with E-state index in [1.54, 1.807) is 36.4 Å². The summed E-state index contributed by atoms with van der Waals surface area (Å²) in [5.74, 6) is -1.25. The molecule has 0 radical (unpaired) electrons. The first kappa shape index (κ1) is 27.5. The monoisotopic (exact) mass is 605 g/mol. The number of nitrogen functional groups attached to an aromatic ring is 1. The lowest BCUT2D eigenvalue weighted by atomic mass is 10.0. The summed E-state index contributed by atoms with van der Waals surface area (Å²) in [7, 11) is 0. The average Bonchev–Trinajstić information content (AvgIpc) is 3.81. The van der Waals surface area contributed by atoms with Gasteiger partial charge in [0.15, 0.2) is 11.5 Å². The molecule has 0 aliphatic heterocycles. The number of hydrogen-bond donors (Lipinski definition) is 5. The number of carbonyl (C=O) groups excluding carboxylic acids is 2. The minimum absolute atomic E-state index is 0.0415. The van der Waals surface area contributed by atoms with Crippen LogP contribution in [0, 0.1) is 0 Å². The fraction of sp³-hybridized carbons (Fsp3) is 0.133. The van der Waals surface area contributed by atoms with Crippen molar-refractivity contribution < 1.29 is 14.1 Å². The summed E-state index contributed by atoms with van der Waals surface area (Å²) in [6, 6.07) is 15.2. The van der Waals surface area contributed by atoms with Gasteiger partial charge in [-0.2, -0.15) is 5.10 Å². The Morgan fingerprint density at radius 1 is 1.04 bits per heavy atom. The van der Waals surface area contributed by atoms with E-state index < -0.39 is 28.4 Å². The summed E-state index contributed by atoms with van der Waals surface area (Å²) in [6.45, 7) is 0.117. The molecule has 6 N–H and O–H groups in total. The number of aryl methyl sites for hydroxylation is 1. The van der Waals surface area contributed by atoms with Gasteiger partial charge in [-0.05, 0) is 47.7 Å². The SMILES string of the molecule is Nc1c(Nc2cccc(CNC(=O)c3cc(C(=O)N[C@H]4CCc5cc(-c6noc(=O)[nH]6)ccc54)nc4ccnn34)c2)c(=O)c1=O. The van der Waals surface area contributed by atoms with Crippen LogP contribution in [0.2, 0.25) is 0 Å². The van der Waals surface area contributed by atoms with Crippen molar-refractivity contribution in [2.75, 3.05) is 11.1 Å². The number of benzene rings is 2. The van der Waals surface area contributed by atoms with Crippen LogP contribution in [0.15, 0.2) is 79.7 Å². The Morgan fingerprint density at radius 3 is 2.71 bits per heavy atom. The van der Waals surface area contributed by atoms with Gasteiger partial charge < -0.3 is 21.7 Å². The van der Waals surface area contributed by atoms with Gasteiger partial charge in [-0.25, -0.2) is 14.3 Å². The number of carbonyl (C=O) groups is 2. The van der Waals surface area contributed by atoms with Crippen molar-refractivity contribution >= 4 is 34.5 Å². The number of nitrogens with zero attached hydrogens (tertiary/aromatic N) is 4. The smallest absolute Gasteiger partial charge is 0.394 e. The minimum Gasteiger partial charge on any atom is -0.394 e. The Morgan fingerprint density at radius 2 is 1.91 bits per heavy atom. The molecule has 1 aliphatic rings. The van der Waals surface area contributed by atoms with Crippen LogP contribution in [-0.4, -0.2) is 36.6 Å². The molecule has 45 heavy (non-hydrogen) atoms. The number of rotatable bonds is 8. The van der Waals surface area contributed by atoms with E-state index in [1.165, 1.54) is 16.8 Å². The van der Waals surface area contributed by atoms with E-state index >= 15 is 0 Å². The highest BCUT2D eigenvalue weighted by atomic mass is 16.5. The van der Waals surface area contributed by atoms with Gasteiger partial charge in [-0.15, -0.1) is 0 Å². The molecule has 1 atom stereocenters. The zero-order valence-corrected chi connectivity index (χ0v) is 23.3. The highest BCUT2D eigenvalue weighted by molar-refractivity contribution is 5.98. The summed E-state index contributed by atoms with van der Waals surface area (Å²) in [4.78, 5) is 68.1. The molecule has 3 aromatic heterocycles. The maximum absolute atomic E-state index is 13.4. The van der Waals surface area contributed by atoms with Crippen molar-refractivity contribution in [2.45, 2.75) is 25.4 Å². The third-order valence-electron chi connectivity index (χ3n) is 7.66. The molecule has 15 heteroatoms. The molecule has 0 unspecified atom stereocenters. The number of aromatic nitrogens is 5. The van der Waals surface area contributed by atoms with Crippen LogP contribution in [0.5, 0.6) is 0 Å². The van der Waals surface area contributed by atoms with Gasteiger partial charge in [-0.3, -0.25) is 28.7 Å². The van der Waals surface area contributed by atoms with Crippen molar-refractivity contribution in [1.29, 1.82) is 0 Å². The predicted molar refractivity (Wildman–Crippen MR) is 161 cm³/mol. The van der Waals surface area contributed by atoms with Crippen LogP contribution in [0.25, 0.3) is 17.0 Å². The first-order valence-corrected chi connectivity index (χ1v) is 13.8. The molecule has 6 aromatic rings. The van der Waals surface area contributed by atoms with Crippen LogP contribution in [0.4, 0.5) is 17.1 Å².